The molecule has 0 aromatic carbocycles. The van der Waals surface area contributed by atoms with Gasteiger partial charge < -0.3 is 18.9 Å². The average Bonchev–Trinajstić information content (AvgIpc) is 3.54. The molecular formula is C75H139NO8P+. The lowest BCUT2D eigenvalue weighted by atomic mass is 10.0. The van der Waals surface area contributed by atoms with E-state index < -0.39 is 26.5 Å². The lowest BCUT2D eigenvalue weighted by Crippen LogP contribution is -2.37. The highest BCUT2D eigenvalue weighted by molar-refractivity contribution is 7.47. The molecule has 0 fully saturated rings. The van der Waals surface area contributed by atoms with Gasteiger partial charge in [-0.1, -0.05) is 337 Å². The summed E-state index contributed by atoms with van der Waals surface area (Å²) in [4.78, 5) is 35.9. The highest BCUT2D eigenvalue weighted by atomic mass is 31.2. The average molecular weight is 1210 g/mol. The van der Waals surface area contributed by atoms with Gasteiger partial charge in [-0.05, 0) is 64.2 Å². The number of hydrogen-bond donors (Lipinski definition) is 1. The van der Waals surface area contributed by atoms with Gasteiger partial charge in [-0.2, -0.15) is 0 Å². The van der Waals surface area contributed by atoms with Crippen LogP contribution < -0.4 is 0 Å². The zero-order valence-corrected chi connectivity index (χ0v) is 57.5. The standard InChI is InChI=1S/C75H138NO8P/c1-6-8-10-12-14-16-18-20-22-24-26-28-30-32-33-34-35-36-37-38-39-40-41-42-44-45-47-49-51-53-55-57-59-61-63-65-67-74(77)81-71-73(72-83-85(79,80)82-70-69-76(3,4)5)84-75(78)68-66-64-62-60-58-56-54-52-50-48-46-43-31-29-27-25-23-21-19-17-15-13-11-9-7-2/h9,11,15,17,21,23,27,29,43,46,50,52,73H,6-8,10,12-14,16,18-20,22,24-26,28,30-42,44-45,47-49,51,53-72H2,1-5H3/p+1/b11-9-,17-15-,23-21-,29-27-,46-43-,52-50-. The molecule has 0 heterocycles. The Labute approximate surface area is 527 Å². The first-order valence-corrected chi connectivity index (χ1v) is 37.7. The number of allylic oxidation sites excluding steroid dienone is 12. The smallest absolute Gasteiger partial charge is 0.462 e. The molecule has 0 aliphatic rings. The second kappa shape index (κ2) is 65.9. The van der Waals surface area contributed by atoms with E-state index in [-0.39, 0.29) is 32.0 Å². The Morgan fingerprint density at radius 1 is 0.376 bits per heavy atom. The largest absolute Gasteiger partial charge is 0.472 e. The summed E-state index contributed by atoms with van der Waals surface area (Å²) in [6, 6.07) is 0. The number of carbonyl (C=O) groups is 2. The number of rotatable bonds is 67. The van der Waals surface area contributed by atoms with E-state index >= 15 is 0 Å². The van der Waals surface area contributed by atoms with Crippen molar-refractivity contribution in [2.75, 3.05) is 47.5 Å². The number of esters is 2. The molecule has 10 heteroatoms. The summed E-state index contributed by atoms with van der Waals surface area (Å²) in [6.45, 7) is 4.35. The Morgan fingerprint density at radius 3 is 1.00 bits per heavy atom. The van der Waals surface area contributed by atoms with Crippen molar-refractivity contribution < 1.29 is 42.1 Å². The molecule has 0 rings (SSSR count). The van der Waals surface area contributed by atoms with Crippen LogP contribution >= 0.6 is 7.82 Å². The molecule has 0 spiro atoms. The van der Waals surface area contributed by atoms with Gasteiger partial charge in [0.25, 0.3) is 0 Å². The molecule has 0 aliphatic carbocycles. The van der Waals surface area contributed by atoms with Gasteiger partial charge in [0.2, 0.25) is 0 Å². The summed E-state index contributed by atoms with van der Waals surface area (Å²) in [5.74, 6) is -0.804. The van der Waals surface area contributed by atoms with Crippen LogP contribution in [-0.2, 0) is 32.7 Å². The van der Waals surface area contributed by atoms with Crippen LogP contribution in [-0.4, -0.2) is 74.9 Å². The van der Waals surface area contributed by atoms with Crippen molar-refractivity contribution in [2.45, 2.75) is 347 Å². The monoisotopic (exact) mass is 1210 g/mol. The summed E-state index contributed by atoms with van der Waals surface area (Å²) >= 11 is 0. The molecule has 1 N–H and O–H groups in total. The molecule has 496 valence electrons. The third-order valence-electron chi connectivity index (χ3n) is 16.0. The van der Waals surface area contributed by atoms with E-state index in [0.29, 0.717) is 17.4 Å². The van der Waals surface area contributed by atoms with Crippen molar-refractivity contribution in [3.05, 3.63) is 72.9 Å². The summed E-state index contributed by atoms with van der Waals surface area (Å²) < 4.78 is 34.7. The lowest BCUT2D eigenvalue weighted by Gasteiger charge is -2.24. The van der Waals surface area contributed by atoms with Crippen LogP contribution in [0.15, 0.2) is 72.9 Å². The van der Waals surface area contributed by atoms with Crippen molar-refractivity contribution in [3.63, 3.8) is 0 Å². The second-order valence-corrected chi connectivity index (χ2v) is 27.1. The number of unbranched alkanes of at least 4 members (excludes halogenated alkanes) is 41. The molecule has 2 atom stereocenters. The predicted molar refractivity (Wildman–Crippen MR) is 367 cm³/mol. The lowest BCUT2D eigenvalue weighted by molar-refractivity contribution is -0.870. The van der Waals surface area contributed by atoms with E-state index in [2.05, 4.69) is 86.8 Å². The number of phosphoric ester groups is 1. The van der Waals surface area contributed by atoms with Gasteiger partial charge in [-0.25, -0.2) is 4.57 Å². The van der Waals surface area contributed by atoms with Gasteiger partial charge in [0.05, 0.1) is 27.7 Å². The van der Waals surface area contributed by atoms with Crippen molar-refractivity contribution in [2.24, 2.45) is 0 Å². The molecule has 85 heavy (non-hydrogen) atoms. The normalized spacial score (nSPS) is 13.5. The first-order valence-electron chi connectivity index (χ1n) is 36.2. The topological polar surface area (TPSA) is 108 Å². The second-order valence-electron chi connectivity index (χ2n) is 25.6. The Balaban J connectivity index is 3.98. The van der Waals surface area contributed by atoms with Gasteiger partial charge in [0.1, 0.15) is 19.8 Å². The van der Waals surface area contributed by atoms with E-state index in [1.807, 2.05) is 21.1 Å². The maximum atomic E-state index is 12.9. The minimum absolute atomic E-state index is 0.0268. The van der Waals surface area contributed by atoms with Gasteiger partial charge in [-0.3, -0.25) is 18.6 Å². The first kappa shape index (κ1) is 82.5. The molecule has 0 saturated heterocycles. The Bertz CT molecular complexity index is 1660. The molecule has 0 radical (unpaired) electrons. The fourth-order valence-electron chi connectivity index (χ4n) is 10.5. The van der Waals surface area contributed by atoms with Crippen molar-refractivity contribution in [3.8, 4) is 0 Å². The molecule has 0 aromatic rings. The van der Waals surface area contributed by atoms with Crippen LogP contribution in [0.5, 0.6) is 0 Å². The van der Waals surface area contributed by atoms with Crippen molar-refractivity contribution in [1.82, 2.24) is 0 Å². The summed E-state index contributed by atoms with van der Waals surface area (Å²) in [5, 5.41) is 0. The summed E-state index contributed by atoms with van der Waals surface area (Å²) in [7, 11) is 1.47. The maximum absolute atomic E-state index is 12.9. The van der Waals surface area contributed by atoms with Crippen molar-refractivity contribution >= 4 is 19.8 Å². The van der Waals surface area contributed by atoms with E-state index in [1.54, 1.807) is 0 Å². The van der Waals surface area contributed by atoms with Crippen LogP contribution in [0.2, 0.25) is 0 Å². The van der Waals surface area contributed by atoms with Crippen LogP contribution in [0.1, 0.15) is 341 Å². The summed E-state index contributed by atoms with van der Waals surface area (Å²) in [5.41, 5.74) is 0. The third kappa shape index (κ3) is 70.4. The van der Waals surface area contributed by atoms with Crippen molar-refractivity contribution in [1.29, 1.82) is 0 Å². The van der Waals surface area contributed by atoms with Crippen LogP contribution in [0, 0.1) is 0 Å². The summed E-state index contributed by atoms with van der Waals surface area (Å²) in [6.07, 6.45) is 88.9. The minimum Gasteiger partial charge on any atom is -0.462 e. The van der Waals surface area contributed by atoms with E-state index in [0.717, 1.165) is 96.3 Å². The van der Waals surface area contributed by atoms with E-state index in [9.17, 15) is 19.0 Å². The Morgan fingerprint density at radius 2 is 0.671 bits per heavy atom. The fourth-order valence-corrected chi connectivity index (χ4v) is 11.2. The number of nitrogens with zero attached hydrogens (tertiary/aromatic N) is 1. The van der Waals surface area contributed by atoms with Crippen LogP contribution in [0.25, 0.3) is 0 Å². The quantitative estimate of drug-likeness (QED) is 0.0211. The number of carbonyl (C=O) groups excluding carboxylic acids is 2. The molecule has 9 nitrogen and oxygen atoms in total. The van der Waals surface area contributed by atoms with Gasteiger partial charge in [0.15, 0.2) is 6.10 Å². The Hall–Kier alpha value is -2.55. The number of phosphoric acid groups is 1. The fraction of sp³-hybridized carbons (Fsp3) is 0.813. The highest BCUT2D eigenvalue weighted by Crippen LogP contribution is 2.43. The zero-order chi connectivity index (χ0) is 61.9. The SMILES string of the molecule is CC/C=C\C/C=C\C/C=C\C/C=C\C/C=C\C/C=C\CCCCCCCCC(=O)OC(COC(=O)CCCCCCCCCCCCCCCCCCCCCCCCCCCCCCCCCCCCCC)COP(=O)(O)OCC[N+](C)(C)C. The molecule has 2 unspecified atom stereocenters. The molecule has 0 saturated carbocycles. The van der Waals surface area contributed by atoms with Crippen LogP contribution in [0.3, 0.4) is 0 Å². The first-order chi connectivity index (χ1) is 41.5. The number of hydrogen-bond acceptors (Lipinski definition) is 7. The van der Waals surface area contributed by atoms with Gasteiger partial charge in [-0.15, -0.1) is 0 Å². The van der Waals surface area contributed by atoms with Gasteiger partial charge >= 0.3 is 19.8 Å². The molecule has 0 aliphatic heterocycles. The van der Waals surface area contributed by atoms with Crippen LogP contribution in [0.4, 0.5) is 0 Å². The molecule has 0 aromatic heterocycles. The predicted octanol–water partition coefficient (Wildman–Crippen LogP) is 23.6. The number of likely N-dealkylation sites (N-methyl/N-ethyl adjacent to an activating group) is 1. The Kier molecular flexibility index (Phi) is 63.9. The zero-order valence-electron chi connectivity index (χ0n) is 56.6. The number of ether oxygens (including phenoxy) is 2. The molecule has 0 amide bonds. The van der Waals surface area contributed by atoms with E-state index in [4.69, 9.17) is 18.5 Å². The third-order valence-corrected chi connectivity index (χ3v) is 17.0. The molecule has 0 bridgehead atoms. The van der Waals surface area contributed by atoms with E-state index in [1.165, 1.54) is 212 Å². The minimum atomic E-state index is -4.40. The maximum Gasteiger partial charge on any atom is 0.472 e. The number of quaternary nitrogens is 1. The highest BCUT2D eigenvalue weighted by Gasteiger charge is 2.27. The van der Waals surface area contributed by atoms with Gasteiger partial charge in [0, 0.05) is 12.8 Å². The molecular weight excluding hydrogens is 1070 g/mol.